The van der Waals surface area contributed by atoms with Crippen molar-refractivity contribution in [2.45, 2.75) is 58.1 Å². The van der Waals surface area contributed by atoms with Crippen LogP contribution >= 0.6 is 0 Å². The van der Waals surface area contributed by atoms with E-state index >= 15 is 0 Å². The number of nitrogens with zero attached hydrogens (tertiary/aromatic N) is 2. The monoisotopic (exact) mass is 426 g/mol. The zero-order chi connectivity index (χ0) is 21.8. The summed E-state index contributed by atoms with van der Waals surface area (Å²) in [5.41, 5.74) is 4.15. The van der Waals surface area contributed by atoms with Crippen LogP contribution in [0, 0.1) is 0 Å². The third kappa shape index (κ3) is 4.39. The second-order valence-electron chi connectivity index (χ2n) is 8.02. The SMILES string of the molecule is CCOOCc1ccc2c(C3CCCCC3)c(-c3ccc(O)cc3O)n(CCO)c2n1. The fourth-order valence-corrected chi connectivity index (χ4v) is 4.68. The largest absolute Gasteiger partial charge is 0.508 e. The van der Waals surface area contributed by atoms with Gasteiger partial charge in [0.1, 0.15) is 23.8 Å². The van der Waals surface area contributed by atoms with E-state index in [1.54, 1.807) is 12.1 Å². The first-order valence-electron chi connectivity index (χ1n) is 11.0. The first kappa shape index (κ1) is 21.6. The molecule has 0 unspecified atom stereocenters. The van der Waals surface area contributed by atoms with Crippen LogP contribution in [0.5, 0.6) is 11.5 Å². The molecule has 31 heavy (non-hydrogen) atoms. The number of aromatic nitrogens is 2. The molecule has 7 heteroatoms. The van der Waals surface area contributed by atoms with Gasteiger partial charge < -0.3 is 19.9 Å². The predicted octanol–water partition coefficient (Wildman–Crippen LogP) is 4.62. The number of aromatic hydroxyl groups is 2. The highest BCUT2D eigenvalue weighted by molar-refractivity contribution is 5.91. The first-order valence-corrected chi connectivity index (χ1v) is 11.0. The van der Waals surface area contributed by atoms with Crippen molar-refractivity contribution >= 4 is 11.0 Å². The molecule has 1 saturated carbocycles. The maximum Gasteiger partial charge on any atom is 0.141 e. The maximum atomic E-state index is 10.7. The van der Waals surface area contributed by atoms with Crippen molar-refractivity contribution in [3.63, 3.8) is 0 Å². The van der Waals surface area contributed by atoms with E-state index in [2.05, 4.69) is 6.07 Å². The molecule has 7 nitrogen and oxygen atoms in total. The van der Waals surface area contributed by atoms with Crippen LogP contribution in [0.15, 0.2) is 30.3 Å². The third-order valence-electron chi connectivity index (χ3n) is 5.99. The molecule has 0 radical (unpaired) electrons. The van der Waals surface area contributed by atoms with Crippen molar-refractivity contribution in [3.05, 3.63) is 41.6 Å². The molecule has 1 aliphatic rings. The van der Waals surface area contributed by atoms with E-state index < -0.39 is 0 Å². The molecule has 2 aromatic heterocycles. The Morgan fingerprint density at radius 2 is 1.87 bits per heavy atom. The minimum atomic E-state index is -0.0545. The van der Waals surface area contributed by atoms with Crippen LogP contribution in [0.25, 0.3) is 22.3 Å². The lowest BCUT2D eigenvalue weighted by atomic mass is 9.82. The normalized spacial score (nSPS) is 15.0. The van der Waals surface area contributed by atoms with Gasteiger partial charge in [0.05, 0.1) is 24.6 Å². The van der Waals surface area contributed by atoms with E-state index in [1.807, 2.05) is 17.6 Å². The Labute approximate surface area is 181 Å². The molecule has 0 amide bonds. The van der Waals surface area contributed by atoms with Gasteiger partial charge in [0, 0.05) is 23.6 Å². The number of hydrogen-bond donors (Lipinski definition) is 3. The zero-order valence-electron chi connectivity index (χ0n) is 17.9. The predicted molar refractivity (Wildman–Crippen MR) is 118 cm³/mol. The minimum Gasteiger partial charge on any atom is -0.508 e. The van der Waals surface area contributed by atoms with Crippen LogP contribution in [-0.2, 0) is 22.9 Å². The Balaban J connectivity index is 1.93. The van der Waals surface area contributed by atoms with Gasteiger partial charge in [-0.2, -0.15) is 0 Å². The van der Waals surface area contributed by atoms with Crippen molar-refractivity contribution in [1.82, 2.24) is 9.55 Å². The van der Waals surface area contributed by atoms with E-state index in [4.69, 9.17) is 14.8 Å². The Morgan fingerprint density at radius 1 is 1.06 bits per heavy atom. The molecular formula is C24H30N2O5. The number of phenolic OH excluding ortho intramolecular Hbond substituents is 2. The lowest BCUT2D eigenvalue weighted by Crippen LogP contribution is -2.09. The van der Waals surface area contributed by atoms with Gasteiger partial charge >= 0.3 is 0 Å². The number of aliphatic hydroxyl groups is 1. The summed E-state index contributed by atoms with van der Waals surface area (Å²) in [5, 5.41) is 31.4. The lowest BCUT2D eigenvalue weighted by molar-refractivity contribution is -0.301. The summed E-state index contributed by atoms with van der Waals surface area (Å²) >= 11 is 0. The number of pyridine rings is 1. The highest BCUT2D eigenvalue weighted by Crippen LogP contribution is 2.46. The quantitative estimate of drug-likeness (QED) is 0.276. The molecule has 4 rings (SSSR count). The maximum absolute atomic E-state index is 10.7. The molecule has 0 saturated heterocycles. The molecule has 2 heterocycles. The van der Waals surface area contributed by atoms with Gasteiger partial charge in [0.15, 0.2) is 0 Å². The van der Waals surface area contributed by atoms with Crippen LogP contribution in [0.3, 0.4) is 0 Å². The van der Waals surface area contributed by atoms with Crippen LogP contribution in [0.1, 0.15) is 56.2 Å². The molecule has 0 atom stereocenters. The fraction of sp³-hybridized carbons (Fsp3) is 0.458. The lowest BCUT2D eigenvalue weighted by Gasteiger charge is -2.24. The Bertz CT molecular complexity index is 1040. The Morgan fingerprint density at radius 3 is 2.58 bits per heavy atom. The third-order valence-corrected chi connectivity index (χ3v) is 5.99. The number of fused-ring (bicyclic) bond motifs is 1. The first-order chi connectivity index (χ1) is 15.1. The summed E-state index contributed by atoms with van der Waals surface area (Å²) in [6.07, 6.45) is 5.75. The van der Waals surface area contributed by atoms with Crippen LogP contribution in [0.4, 0.5) is 0 Å². The highest BCUT2D eigenvalue weighted by Gasteiger charge is 2.28. The van der Waals surface area contributed by atoms with Crippen LogP contribution < -0.4 is 0 Å². The van der Waals surface area contributed by atoms with Gasteiger partial charge in [-0.25, -0.2) is 14.8 Å². The molecule has 1 aromatic carbocycles. The average Bonchev–Trinajstić information content (AvgIpc) is 3.08. The van der Waals surface area contributed by atoms with Gasteiger partial charge in [-0.15, -0.1) is 0 Å². The number of aliphatic hydroxyl groups excluding tert-OH is 1. The van der Waals surface area contributed by atoms with E-state index in [1.165, 1.54) is 25.3 Å². The molecular weight excluding hydrogens is 396 g/mol. The Kier molecular flexibility index (Phi) is 6.75. The summed E-state index contributed by atoms with van der Waals surface area (Å²) in [6.45, 7) is 2.84. The molecule has 1 aliphatic carbocycles. The zero-order valence-corrected chi connectivity index (χ0v) is 17.9. The van der Waals surface area contributed by atoms with Crippen LogP contribution in [-0.4, -0.2) is 38.1 Å². The van der Waals surface area contributed by atoms with Crippen molar-refractivity contribution in [1.29, 1.82) is 0 Å². The molecule has 1 fully saturated rings. The number of phenols is 2. The minimum absolute atomic E-state index is 0.0127. The van der Waals surface area contributed by atoms with Crippen molar-refractivity contribution in [2.75, 3.05) is 13.2 Å². The van der Waals surface area contributed by atoms with Gasteiger partial charge in [0.2, 0.25) is 0 Å². The number of hydrogen-bond acceptors (Lipinski definition) is 6. The second-order valence-corrected chi connectivity index (χ2v) is 8.02. The fourth-order valence-electron chi connectivity index (χ4n) is 4.68. The molecule has 0 bridgehead atoms. The summed E-state index contributed by atoms with van der Waals surface area (Å²) in [5.74, 6) is 0.379. The Hall–Kier alpha value is -2.61. The summed E-state index contributed by atoms with van der Waals surface area (Å²) in [4.78, 5) is 15.0. The van der Waals surface area contributed by atoms with Crippen molar-refractivity contribution in [3.8, 4) is 22.8 Å². The van der Waals surface area contributed by atoms with Crippen LogP contribution in [0.2, 0.25) is 0 Å². The molecule has 3 N–H and O–H groups in total. The molecule has 3 aromatic rings. The highest BCUT2D eigenvalue weighted by atomic mass is 17.2. The van der Waals surface area contributed by atoms with Crippen molar-refractivity contribution in [2.24, 2.45) is 0 Å². The standard InChI is InChI=1S/C24H30N2O5/c1-2-30-31-15-17-8-10-20-22(16-6-4-3-5-7-16)23(26(12-13-27)24(20)25-17)19-11-9-18(28)14-21(19)29/h8-11,14,16,27-29H,2-7,12-13,15H2,1H3. The summed E-state index contributed by atoms with van der Waals surface area (Å²) in [7, 11) is 0. The molecule has 0 aliphatic heterocycles. The number of benzene rings is 1. The van der Waals surface area contributed by atoms with E-state index in [0.717, 1.165) is 40.8 Å². The second kappa shape index (κ2) is 9.68. The van der Waals surface area contributed by atoms with E-state index in [-0.39, 0.29) is 24.7 Å². The summed E-state index contributed by atoms with van der Waals surface area (Å²) in [6, 6.07) is 8.67. The van der Waals surface area contributed by atoms with Gasteiger partial charge in [-0.1, -0.05) is 19.3 Å². The average molecular weight is 427 g/mol. The van der Waals surface area contributed by atoms with Gasteiger partial charge in [-0.3, -0.25) is 0 Å². The van der Waals surface area contributed by atoms with Crippen molar-refractivity contribution < 1.29 is 25.1 Å². The summed E-state index contributed by atoms with van der Waals surface area (Å²) < 4.78 is 1.98. The topological polar surface area (TPSA) is 97.0 Å². The smallest absolute Gasteiger partial charge is 0.141 e. The van der Waals surface area contributed by atoms with E-state index in [9.17, 15) is 15.3 Å². The molecule has 0 spiro atoms. The van der Waals surface area contributed by atoms with Gasteiger partial charge in [0.25, 0.3) is 0 Å². The molecule has 166 valence electrons. The van der Waals surface area contributed by atoms with E-state index in [0.29, 0.717) is 24.6 Å². The number of rotatable bonds is 8. The van der Waals surface area contributed by atoms with Gasteiger partial charge in [-0.05, 0) is 55.5 Å².